The van der Waals surface area contributed by atoms with Gasteiger partial charge in [0.15, 0.2) is 0 Å². The number of thiocyanates is 1. The number of nitrogens with two attached hydrogens (primary N) is 1. The largest absolute Gasteiger partial charge is 0.386 e. The number of nitriles is 1. The summed E-state index contributed by atoms with van der Waals surface area (Å²) in [4.78, 5) is 0. The van der Waals surface area contributed by atoms with Crippen molar-refractivity contribution >= 4 is 11.8 Å². The second kappa shape index (κ2) is 9.27. The molecule has 0 rings (SSSR count). The fourth-order valence-electron chi connectivity index (χ4n) is 0.947. The van der Waals surface area contributed by atoms with Gasteiger partial charge in [-0.15, -0.1) is 0 Å². The second-order valence-electron chi connectivity index (χ2n) is 2.81. The first-order chi connectivity index (χ1) is 6.27. The van der Waals surface area contributed by atoms with Gasteiger partial charge in [0.25, 0.3) is 0 Å². The van der Waals surface area contributed by atoms with Gasteiger partial charge in [0.2, 0.25) is 0 Å². The molecule has 3 N–H and O–H groups in total. The average Bonchev–Trinajstić information content (AvgIpc) is 2.09. The van der Waals surface area contributed by atoms with E-state index in [4.69, 9.17) is 11.0 Å². The summed E-state index contributed by atoms with van der Waals surface area (Å²) in [6, 6.07) is 0. The van der Waals surface area contributed by atoms with Crippen LogP contribution in [0.15, 0.2) is 12.4 Å². The first-order valence-electron chi connectivity index (χ1n) is 4.46. The van der Waals surface area contributed by atoms with Crippen LogP contribution in [-0.4, -0.2) is 12.3 Å². The molecule has 4 heteroatoms. The van der Waals surface area contributed by atoms with Crippen LogP contribution in [0, 0.1) is 10.7 Å². The molecule has 13 heavy (non-hydrogen) atoms. The standard InChI is InChI=1S/C9H17N3S/c1-9(11)12-6-4-2-3-5-7-13-8-10/h12H,1-7,11H2. The van der Waals surface area contributed by atoms with E-state index < -0.39 is 0 Å². The number of hydrogen-bond donors (Lipinski definition) is 2. The third-order valence-corrected chi connectivity index (χ3v) is 2.21. The lowest BCUT2D eigenvalue weighted by molar-refractivity contribution is 0.636. The van der Waals surface area contributed by atoms with Crippen molar-refractivity contribution < 1.29 is 0 Å². The summed E-state index contributed by atoms with van der Waals surface area (Å²) in [5.41, 5.74) is 5.33. The third-order valence-electron chi connectivity index (χ3n) is 1.59. The zero-order chi connectivity index (χ0) is 9.94. The van der Waals surface area contributed by atoms with Crippen molar-refractivity contribution in [3.05, 3.63) is 12.4 Å². The number of rotatable bonds is 8. The van der Waals surface area contributed by atoms with Gasteiger partial charge >= 0.3 is 0 Å². The monoisotopic (exact) mass is 199 g/mol. The van der Waals surface area contributed by atoms with Crippen LogP contribution in [-0.2, 0) is 0 Å². The van der Waals surface area contributed by atoms with Gasteiger partial charge in [-0.3, -0.25) is 0 Å². The zero-order valence-electron chi connectivity index (χ0n) is 7.88. The molecule has 0 aliphatic carbocycles. The van der Waals surface area contributed by atoms with E-state index in [0.717, 1.165) is 25.1 Å². The van der Waals surface area contributed by atoms with Gasteiger partial charge in [-0.2, -0.15) is 5.26 Å². The van der Waals surface area contributed by atoms with Crippen LogP contribution < -0.4 is 11.1 Å². The molecule has 0 aromatic carbocycles. The molecule has 74 valence electrons. The molecule has 0 bridgehead atoms. The Morgan fingerprint density at radius 2 is 2.08 bits per heavy atom. The summed E-state index contributed by atoms with van der Waals surface area (Å²) in [5, 5.41) is 13.3. The van der Waals surface area contributed by atoms with E-state index >= 15 is 0 Å². The minimum absolute atomic E-state index is 0.542. The number of thioether (sulfide) groups is 1. The lowest BCUT2D eigenvalue weighted by atomic mass is 10.2. The summed E-state index contributed by atoms with van der Waals surface area (Å²) >= 11 is 1.33. The molecule has 0 aliphatic heterocycles. The van der Waals surface area contributed by atoms with E-state index in [2.05, 4.69) is 17.3 Å². The second-order valence-corrected chi connectivity index (χ2v) is 3.69. The van der Waals surface area contributed by atoms with Gasteiger partial charge in [-0.25, -0.2) is 0 Å². The normalized spacial score (nSPS) is 9.15. The molecule has 0 aliphatic rings. The highest BCUT2D eigenvalue weighted by atomic mass is 32.2. The number of nitrogens with one attached hydrogen (secondary N) is 1. The Balaban J connectivity index is 2.92. The van der Waals surface area contributed by atoms with Crippen molar-refractivity contribution in [1.29, 1.82) is 5.26 Å². The van der Waals surface area contributed by atoms with E-state index in [1.807, 2.05) is 0 Å². The van der Waals surface area contributed by atoms with E-state index in [1.54, 1.807) is 0 Å². The SMILES string of the molecule is C=C(N)NCCCCCCSC#N. The number of nitrogens with zero attached hydrogens (tertiary/aromatic N) is 1. The van der Waals surface area contributed by atoms with E-state index in [-0.39, 0.29) is 0 Å². The van der Waals surface area contributed by atoms with E-state index in [0.29, 0.717) is 5.82 Å². The minimum atomic E-state index is 0.542. The zero-order valence-corrected chi connectivity index (χ0v) is 8.70. The summed E-state index contributed by atoms with van der Waals surface area (Å²) in [7, 11) is 0. The number of unbranched alkanes of at least 4 members (excludes halogenated alkanes) is 3. The minimum Gasteiger partial charge on any atom is -0.386 e. The first kappa shape index (κ1) is 12.2. The molecule has 0 saturated carbocycles. The first-order valence-corrected chi connectivity index (χ1v) is 5.45. The van der Waals surface area contributed by atoms with Crippen LogP contribution in [0.3, 0.4) is 0 Å². The van der Waals surface area contributed by atoms with Crippen LogP contribution in [0.2, 0.25) is 0 Å². The Morgan fingerprint density at radius 1 is 1.38 bits per heavy atom. The van der Waals surface area contributed by atoms with Crippen LogP contribution in [0.4, 0.5) is 0 Å². The molecule has 0 heterocycles. The summed E-state index contributed by atoms with van der Waals surface area (Å²) < 4.78 is 0. The Bertz CT molecular complexity index is 174. The summed E-state index contributed by atoms with van der Waals surface area (Å²) in [6.07, 6.45) is 4.62. The van der Waals surface area contributed by atoms with Crippen molar-refractivity contribution in [1.82, 2.24) is 5.32 Å². The van der Waals surface area contributed by atoms with Gasteiger partial charge in [-0.05, 0) is 24.6 Å². The molecule has 0 fully saturated rings. The topological polar surface area (TPSA) is 61.8 Å². The fourth-order valence-corrected chi connectivity index (χ4v) is 1.39. The number of hydrogen-bond acceptors (Lipinski definition) is 4. The van der Waals surface area contributed by atoms with Gasteiger partial charge in [-0.1, -0.05) is 19.4 Å². The molecule has 0 aromatic rings. The third kappa shape index (κ3) is 11.2. The molecule has 0 unspecified atom stereocenters. The lowest BCUT2D eigenvalue weighted by Crippen LogP contribution is -2.19. The fraction of sp³-hybridized carbons (Fsp3) is 0.667. The molecule has 0 saturated heterocycles. The van der Waals surface area contributed by atoms with E-state index in [1.165, 1.54) is 24.6 Å². The average molecular weight is 199 g/mol. The Morgan fingerprint density at radius 3 is 2.69 bits per heavy atom. The van der Waals surface area contributed by atoms with Gasteiger partial charge in [0.05, 0.1) is 5.82 Å². The highest BCUT2D eigenvalue weighted by Crippen LogP contribution is 2.05. The molecule has 3 nitrogen and oxygen atoms in total. The maximum atomic E-state index is 8.25. The predicted molar refractivity (Wildman–Crippen MR) is 57.9 cm³/mol. The van der Waals surface area contributed by atoms with Crippen LogP contribution in [0.5, 0.6) is 0 Å². The summed E-state index contributed by atoms with van der Waals surface area (Å²) in [6.45, 7) is 4.44. The predicted octanol–water partition coefficient (Wildman–Crippen LogP) is 1.78. The van der Waals surface area contributed by atoms with Crippen molar-refractivity contribution in [2.45, 2.75) is 25.7 Å². The molecule has 0 aromatic heterocycles. The van der Waals surface area contributed by atoms with Crippen molar-refractivity contribution in [3.8, 4) is 5.40 Å². The molecule has 0 atom stereocenters. The molecule has 0 radical (unpaired) electrons. The van der Waals surface area contributed by atoms with Crippen molar-refractivity contribution in [2.24, 2.45) is 5.73 Å². The van der Waals surface area contributed by atoms with Crippen molar-refractivity contribution in [3.63, 3.8) is 0 Å². The Hall–Kier alpha value is -0.820. The molecular weight excluding hydrogens is 182 g/mol. The Kier molecular flexibility index (Phi) is 8.68. The summed E-state index contributed by atoms with van der Waals surface area (Å²) in [5.74, 6) is 1.49. The highest BCUT2D eigenvalue weighted by Gasteiger charge is 1.90. The van der Waals surface area contributed by atoms with E-state index in [9.17, 15) is 0 Å². The molecular formula is C9H17N3S. The maximum Gasteiger partial charge on any atom is 0.133 e. The maximum absolute atomic E-state index is 8.25. The van der Waals surface area contributed by atoms with Gasteiger partial charge < -0.3 is 11.1 Å². The molecule has 0 spiro atoms. The molecule has 0 amide bonds. The van der Waals surface area contributed by atoms with Crippen LogP contribution in [0.1, 0.15) is 25.7 Å². The lowest BCUT2D eigenvalue weighted by Gasteiger charge is -2.03. The van der Waals surface area contributed by atoms with Gasteiger partial charge in [0.1, 0.15) is 5.40 Å². The highest BCUT2D eigenvalue weighted by molar-refractivity contribution is 8.03. The van der Waals surface area contributed by atoms with Gasteiger partial charge in [0, 0.05) is 12.3 Å². The van der Waals surface area contributed by atoms with Crippen molar-refractivity contribution in [2.75, 3.05) is 12.3 Å². The smallest absolute Gasteiger partial charge is 0.133 e. The van der Waals surface area contributed by atoms with Crippen LogP contribution in [0.25, 0.3) is 0 Å². The van der Waals surface area contributed by atoms with Crippen LogP contribution >= 0.6 is 11.8 Å². The Labute approximate surface area is 84.4 Å². The quantitative estimate of drug-likeness (QED) is 0.462.